The van der Waals surface area contributed by atoms with Crippen LogP contribution in [0.15, 0.2) is 29.1 Å². The number of amides is 2. The minimum Gasteiger partial charge on any atom is -0.331 e. The summed E-state index contributed by atoms with van der Waals surface area (Å²) in [5.74, 6) is 0.795. The average Bonchev–Trinajstić information content (AvgIpc) is 3.38. The van der Waals surface area contributed by atoms with Crippen LogP contribution in [0, 0.1) is 12.3 Å². The van der Waals surface area contributed by atoms with Gasteiger partial charge in [0.1, 0.15) is 5.82 Å². The monoisotopic (exact) mass is 503 g/mol. The Morgan fingerprint density at radius 3 is 2.82 bits per heavy atom. The zero-order chi connectivity index (χ0) is 23.9. The van der Waals surface area contributed by atoms with Crippen LogP contribution < -0.4 is 10.9 Å². The number of nitrogens with zero attached hydrogens (tertiary/aromatic N) is 5. The Hall–Kier alpha value is -2.62. The number of likely N-dealkylation sites (tertiary alicyclic amines) is 2. The minimum atomic E-state index is -0.225. The van der Waals surface area contributed by atoms with E-state index in [1.54, 1.807) is 6.92 Å². The van der Waals surface area contributed by atoms with Crippen molar-refractivity contribution in [2.45, 2.75) is 39.3 Å². The van der Waals surface area contributed by atoms with E-state index >= 15 is 0 Å². The highest BCUT2D eigenvalue weighted by molar-refractivity contribution is 6.42. The third-order valence-electron chi connectivity index (χ3n) is 6.77. The Morgan fingerprint density at radius 2 is 2.00 bits per heavy atom. The van der Waals surface area contributed by atoms with Gasteiger partial charge >= 0.3 is 6.03 Å². The molecule has 4 heterocycles. The predicted octanol–water partition coefficient (Wildman–Crippen LogP) is 3.23. The van der Waals surface area contributed by atoms with Gasteiger partial charge in [0.2, 0.25) is 0 Å². The zero-order valence-corrected chi connectivity index (χ0v) is 20.5. The van der Waals surface area contributed by atoms with Gasteiger partial charge in [0.25, 0.3) is 11.3 Å². The quantitative estimate of drug-likeness (QED) is 0.569. The number of carbonyl (C=O) groups excluding carboxylic acids is 1. The summed E-state index contributed by atoms with van der Waals surface area (Å²) in [4.78, 5) is 37.9. The average molecular weight is 504 g/mol. The van der Waals surface area contributed by atoms with Crippen LogP contribution in [0.5, 0.6) is 0 Å². The van der Waals surface area contributed by atoms with Gasteiger partial charge in [0.05, 0.1) is 16.6 Å². The van der Waals surface area contributed by atoms with Crippen LogP contribution in [0.3, 0.4) is 0 Å². The van der Waals surface area contributed by atoms with Gasteiger partial charge in [0.15, 0.2) is 0 Å². The smallest absolute Gasteiger partial charge is 0.317 e. The molecule has 34 heavy (non-hydrogen) atoms. The Kier molecular flexibility index (Phi) is 6.26. The van der Waals surface area contributed by atoms with Crippen molar-refractivity contribution >= 4 is 35.0 Å². The van der Waals surface area contributed by atoms with Crippen molar-refractivity contribution in [2.75, 3.05) is 26.2 Å². The highest BCUT2D eigenvalue weighted by Gasteiger charge is 2.42. The molecule has 2 aliphatic rings. The lowest BCUT2D eigenvalue weighted by Crippen LogP contribution is -2.50. The van der Waals surface area contributed by atoms with E-state index in [2.05, 4.69) is 25.3 Å². The third kappa shape index (κ3) is 4.78. The molecule has 2 aromatic heterocycles. The van der Waals surface area contributed by atoms with E-state index in [-0.39, 0.29) is 23.6 Å². The van der Waals surface area contributed by atoms with Gasteiger partial charge in [-0.2, -0.15) is 9.50 Å². The number of carbonyl (C=O) groups is 1. The minimum absolute atomic E-state index is 0.111. The molecule has 2 N–H and O–H groups in total. The first-order chi connectivity index (χ1) is 16.3. The van der Waals surface area contributed by atoms with Crippen molar-refractivity contribution in [3.63, 3.8) is 0 Å². The number of hydrogen-bond donors (Lipinski definition) is 2. The Balaban J connectivity index is 1.18. The second kappa shape index (κ2) is 9.20. The molecular weight excluding hydrogens is 477 g/mol. The number of hydrogen-bond acceptors (Lipinski definition) is 5. The summed E-state index contributed by atoms with van der Waals surface area (Å²) < 4.78 is 1.28. The van der Waals surface area contributed by atoms with Crippen molar-refractivity contribution in [3.8, 4) is 0 Å². The Morgan fingerprint density at radius 1 is 1.15 bits per heavy atom. The fourth-order valence-corrected chi connectivity index (χ4v) is 5.48. The Bertz CT molecular complexity index is 1290. The van der Waals surface area contributed by atoms with E-state index in [4.69, 9.17) is 23.2 Å². The molecule has 1 unspecified atom stereocenters. The first-order valence-corrected chi connectivity index (χ1v) is 12.2. The summed E-state index contributed by atoms with van der Waals surface area (Å²) in [6, 6.07) is 7.11. The molecule has 11 heteroatoms. The first kappa shape index (κ1) is 23.1. The molecule has 1 atom stereocenters. The zero-order valence-electron chi connectivity index (χ0n) is 19.0. The van der Waals surface area contributed by atoms with Crippen LogP contribution in [0.2, 0.25) is 10.0 Å². The third-order valence-corrected chi connectivity index (χ3v) is 7.51. The lowest BCUT2D eigenvalue weighted by Gasteiger charge is -2.40. The molecule has 2 saturated heterocycles. The lowest BCUT2D eigenvalue weighted by molar-refractivity contribution is 0.107. The van der Waals surface area contributed by atoms with Crippen LogP contribution in [-0.2, 0) is 13.1 Å². The number of fused-ring (bicyclic) bond motifs is 1. The van der Waals surface area contributed by atoms with Crippen molar-refractivity contribution in [3.05, 3.63) is 61.7 Å². The van der Waals surface area contributed by atoms with Crippen molar-refractivity contribution in [1.82, 2.24) is 34.7 Å². The first-order valence-electron chi connectivity index (χ1n) is 11.4. The predicted molar refractivity (Wildman–Crippen MR) is 130 cm³/mol. The number of aryl methyl sites for hydroxylation is 1. The molecule has 1 aromatic carbocycles. The van der Waals surface area contributed by atoms with E-state index in [0.717, 1.165) is 57.5 Å². The van der Waals surface area contributed by atoms with E-state index in [1.807, 2.05) is 23.1 Å². The van der Waals surface area contributed by atoms with Gasteiger partial charge in [-0.05, 0) is 50.4 Å². The van der Waals surface area contributed by atoms with Gasteiger partial charge in [-0.25, -0.2) is 9.78 Å². The van der Waals surface area contributed by atoms with E-state index in [9.17, 15) is 9.59 Å². The standard InChI is InChI=1S/C23H27Cl2N7O2/c1-15-9-20(33)32-21(27-15)28-19(29-32)11-26-22(34)31-7-2-5-23(14-31)6-8-30(13-23)12-16-3-4-17(24)18(25)10-16/h3-4,9-10H,2,5-8,11-14H2,1H3,(H,26,34)(H,27,28,29). The number of halogens is 2. The van der Waals surface area contributed by atoms with Crippen LogP contribution in [0.1, 0.15) is 36.3 Å². The number of aromatic amines is 1. The Labute approximate surface area is 207 Å². The van der Waals surface area contributed by atoms with Crippen LogP contribution in [0.25, 0.3) is 5.78 Å². The SMILES string of the molecule is Cc1cc(=O)n2[nH]c(CNC(=O)N3CCCC4(CCN(Cc5ccc(Cl)c(Cl)c5)C4)C3)nc2n1. The van der Waals surface area contributed by atoms with E-state index in [1.165, 1.54) is 10.6 Å². The molecule has 0 bridgehead atoms. The fourth-order valence-electron chi connectivity index (χ4n) is 5.16. The van der Waals surface area contributed by atoms with Gasteiger partial charge in [-0.15, -0.1) is 0 Å². The molecule has 1 spiro atoms. The number of H-pyrrole nitrogens is 1. The van der Waals surface area contributed by atoms with Crippen LogP contribution >= 0.6 is 23.2 Å². The number of benzene rings is 1. The topological polar surface area (TPSA) is 98.6 Å². The molecule has 0 aliphatic carbocycles. The van der Waals surface area contributed by atoms with E-state index < -0.39 is 0 Å². The van der Waals surface area contributed by atoms with Crippen LogP contribution in [0.4, 0.5) is 4.79 Å². The van der Waals surface area contributed by atoms with Crippen LogP contribution in [-0.4, -0.2) is 61.6 Å². The number of urea groups is 1. The molecule has 5 rings (SSSR count). The molecule has 3 aromatic rings. The highest BCUT2D eigenvalue weighted by Crippen LogP contribution is 2.39. The molecule has 9 nitrogen and oxygen atoms in total. The summed E-state index contributed by atoms with van der Waals surface area (Å²) in [6.45, 7) is 6.19. The van der Waals surface area contributed by atoms with Crippen molar-refractivity contribution in [1.29, 1.82) is 0 Å². The summed E-state index contributed by atoms with van der Waals surface area (Å²) in [5, 5.41) is 6.99. The maximum absolute atomic E-state index is 12.9. The normalized spacial score (nSPS) is 21.0. The molecule has 180 valence electrons. The van der Waals surface area contributed by atoms with Crippen molar-refractivity contribution < 1.29 is 4.79 Å². The second-order valence-corrected chi connectivity index (χ2v) is 10.2. The number of rotatable bonds is 4. The summed E-state index contributed by atoms with van der Waals surface area (Å²) in [7, 11) is 0. The number of nitrogens with one attached hydrogen (secondary N) is 2. The van der Waals surface area contributed by atoms with Gasteiger partial charge in [0, 0.05) is 43.4 Å². The highest BCUT2D eigenvalue weighted by atomic mass is 35.5. The molecule has 0 saturated carbocycles. The van der Waals surface area contributed by atoms with Gasteiger partial charge < -0.3 is 10.2 Å². The maximum Gasteiger partial charge on any atom is 0.317 e. The van der Waals surface area contributed by atoms with Crippen molar-refractivity contribution in [2.24, 2.45) is 5.41 Å². The fraction of sp³-hybridized carbons (Fsp3) is 0.478. The molecule has 2 fully saturated rings. The lowest BCUT2D eigenvalue weighted by atomic mass is 9.79. The molecular formula is C23H27Cl2N7O2. The number of piperidine rings is 1. The van der Waals surface area contributed by atoms with Gasteiger partial charge in [-0.3, -0.25) is 14.8 Å². The maximum atomic E-state index is 12.9. The second-order valence-electron chi connectivity index (χ2n) is 9.43. The molecule has 2 amide bonds. The van der Waals surface area contributed by atoms with Gasteiger partial charge in [-0.1, -0.05) is 29.3 Å². The van der Waals surface area contributed by atoms with E-state index in [0.29, 0.717) is 27.3 Å². The largest absolute Gasteiger partial charge is 0.331 e. The summed E-state index contributed by atoms with van der Waals surface area (Å²) in [6.07, 6.45) is 3.17. The summed E-state index contributed by atoms with van der Waals surface area (Å²) in [5.41, 5.74) is 1.64. The molecule has 2 aliphatic heterocycles. The summed E-state index contributed by atoms with van der Waals surface area (Å²) >= 11 is 12.2. The number of aromatic nitrogens is 4. The molecule has 0 radical (unpaired) electrons.